The molecule has 0 aromatic rings. The topological polar surface area (TPSA) is 66.8 Å². The van der Waals surface area contributed by atoms with Crippen LogP contribution in [0.4, 0.5) is 0 Å². The summed E-state index contributed by atoms with van der Waals surface area (Å²) in [5.41, 5.74) is -0.141. The monoisotopic (exact) mass is 256 g/mol. The maximum absolute atomic E-state index is 11.7. The molecular formula is C14H24O4. The van der Waals surface area contributed by atoms with Gasteiger partial charge in [0.1, 0.15) is 6.61 Å². The molecule has 0 spiro atoms. The number of carbonyl (C=O) groups excluding carboxylic acids is 1. The van der Waals surface area contributed by atoms with Crippen molar-refractivity contribution in [3.8, 4) is 0 Å². The summed E-state index contributed by atoms with van der Waals surface area (Å²) in [6.07, 6.45) is 2.06. The van der Waals surface area contributed by atoms with Crippen LogP contribution in [0.1, 0.15) is 40.5 Å². The Morgan fingerprint density at radius 1 is 1.44 bits per heavy atom. The molecule has 0 aliphatic carbocycles. The standard InChI is InChI=1S/C14H24O4/c1-9-5-6-18-13(16)11(3)12(15)14(4,17)8-10(2)7-9/h5,10-12,15,17H,6-8H2,1-4H3/b9-5+/t10-,11+,12-,14+/m0/s1. The smallest absolute Gasteiger partial charge is 0.311 e. The van der Waals surface area contributed by atoms with Crippen LogP contribution in [0, 0.1) is 11.8 Å². The van der Waals surface area contributed by atoms with Crippen molar-refractivity contribution < 1.29 is 19.7 Å². The average molecular weight is 256 g/mol. The Hall–Kier alpha value is -0.870. The summed E-state index contributed by atoms with van der Waals surface area (Å²) < 4.78 is 5.07. The molecule has 0 fully saturated rings. The molecule has 0 radical (unpaired) electrons. The Balaban J connectivity index is 2.94. The zero-order chi connectivity index (χ0) is 13.9. The van der Waals surface area contributed by atoms with E-state index in [1.54, 1.807) is 13.8 Å². The SMILES string of the molecule is C/C1=C\COC(=O)[C@H](C)[C@H](O)[C@](C)(O)C[C@@H](C)C1. The summed E-state index contributed by atoms with van der Waals surface area (Å²) in [6.45, 7) is 7.41. The highest BCUT2D eigenvalue weighted by molar-refractivity contribution is 5.73. The molecule has 0 unspecified atom stereocenters. The predicted octanol–water partition coefficient (Wildman–Crippen LogP) is 1.65. The second-order valence-electron chi connectivity index (χ2n) is 5.78. The molecule has 104 valence electrons. The van der Waals surface area contributed by atoms with E-state index in [-0.39, 0.29) is 12.5 Å². The predicted molar refractivity (Wildman–Crippen MR) is 68.9 cm³/mol. The maximum Gasteiger partial charge on any atom is 0.311 e. The molecule has 1 rings (SSSR count). The number of allylic oxidation sites excluding steroid dienone is 1. The van der Waals surface area contributed by atoms with E-state index in [1.807, 2.05) is 19.9 Å². The number of esters is 1. The number of hydrogen-bond donors (Lipinski definition) is 2. The number of aliphatic hydroxyl groups excluding tert-OH is 1. The summed E-state index contributed by atoms with van der Waals surface area (Å²) in [4.78, 5) is 11.7. The molecule has 4 atom stereocenters. The summed E-state index contributed by atoms with van der Waals surface area (Å²) in [5.74, 6) is -0.952. The number of ether oxygens (including phenoxy) is 1. The van der Waals surface area contributed by atoms with Crippen molar-refractivity contribution in [1.29, 1.82) is 0 Å². The lowest BCUT2D eigenvalue weighted by Gasteiger charge is -2.34. The fraction of sp³-hybridized carbons (Fsp3) is 0.786. The largest absolute Gasteiger partial charge is 0.461 e. The Morgan fingerprint density at radius 2 is 2.06 bits per heavy atom. The normalized spacial score (nSPS) is 42.4. The van der Waals surface area contributed by atoms with Crippen LogP contribution in [-0.4, -0.2) is 34.5 Å². The van der Waals surface area contributed by atoms with E-state index in [0.717, 1.165) is 12.0 Å². The summed E-state index contributed by atoms with van der Waals surface area (Å²) in [5, 5.41) is 20.4. The minimum Gasteiger partial charge on any atom is -0.461 e. The van der Waals surface area contributed by atoms with Crippen molar-refractivity contribution in [1.82, 2.24) is 0 Å². The first kappa shape index (κ1) is 15.2. The molecule has 2 N–H and O–H groups in total. The third kappa shape index (κ3) is 3.82. The Kier molecular flexibility index (Phi) is 4.93. The van der Waals surface area contributed by atoms with Gasteiger partial charge in [-0.2, -0.15) is 0 Å². The highest BCUT2D eigenvalue weighted by Gasteiger charge is 2.39. The van der Waals surface area contributed by atoms with Crippen molar-refractivity contribution in [2.75, 3.05) is 6.61 Å². The van der Waals surface area contributed by atoms with Gasteiger partial charge in [-0.15, -0.1) is 0 Å². The van der Waals surface area contributed by atoms with E-state index in [9.17, 15) is 15.0 Å². The Morgan fingerprint density at radius 3 is 2.67 bits per heavy atom. The van der Waals surface area contributed by atoms with E-state index < -0.39 is 23.6 Å². The van der Waals surface area contributed by atoms with Gasteiger partial charge in [0.15, 0.2) is 0 Å². The average Bonchev–Trinajstić information content (AvgIpc) is 2.25. The van der Waals surface area contributed by atoms with E-state index in [4.69, 9.17) is 4.74 Å². The van der Waals surface area contributed by atoms with Gasteiger partial charge in [0, 0.05) is 0 Å². The molecule has 4 nitrogen and oxygen atoms in total. The van der Waals surface area contributed by atoms with Crippen LogP contribution >= 0.6 is 0 Å². The van der Waals surface area contributed by atoms with E-state index in [1.165, 1.54) is 0 Å². The van der Waals surface area contributed by atoms with E-state index >= 15 is 0 Å². The Labute approximate surface area is 109 Å². The maximum atomic E-state index is 11.7. The van der Waals surface area contributed by atoms with Crippen LogP contribution in [0.5, 0.6) is 0 Å². The van der Waals surface area contributed by atoms with Crippen molar-refractivity contribution in [3.63, 3.8) is 0 Å². The van der Waals surface area contributed by atoms with Gasteiger partial charge in [-0.05, 0) is 45.6 Å². The van der Waals surface area contributed by atoms with Crippen LogP contribution in [0.15, 0.2) is 11.6 Å². The van der Waals surface area contributed by atoms with Gasteiger partial charge < -0.3 is 14.9 Å². The van der Waals surface area contributed by atoms with Gasteiger partial charge in [-0.25, -0.2) is 0 Å². The number of hydrogen-bond acceptors (Lipinski definition) is 4. The zero-order valence-corrected chi connectivity index (χ0v) is 11.6. The lowest BCUT2D eigenvalue weighted by molar-refractivity contribution is -0.160. The molecule has 0 aromatic heterocycles. The van der Waals surface area contributed by atoms with Gasteiger partial charge in [-0.3, -0.25) is 4.79 Å². The van der Waals surface area contributed by atoms with Gasteiger partial charge in [0.05, 0.1) is 17.6 Å². The molecule has 0 amide bonds. The summed E-state index contributed by atoms with van der Waals surface area (Å²) >= 11 is 0. The molecular weight excluding hydrogens is 232 g/mol. The lowest BCUT2D eigenvalue weighted by atomic mass is 9.81. The number of rotatable bonds is 0. The van der Waals surface area contributed by atoms with Crippen molar-refractivity contribution in [2.45, 2.75) is 52.2 Å². The van der Waals surface area contributed by atoms with Crippen LogP contribution in [0.25, 0.3) is 0 Å². The zero-order valence-electron chi connectivity index (χ0n) is 11.6. The van der Waals surface area contributed by atoms with E-state index in [0.29, 0.717) is 6.42 Å². The lowest BCUT2D eigenvalue weighted by Crippen LogP contribution is -2.47. The molecule has 0 bridgehead atoms. The minimum absolute atomic E-state index is 0.233. The van der Waals surface area contributed by atoms with Crippen molar-refractivity contribution >= 4 is 5.97 Å². The van der Waals surface area contributed by atoms with Gasteiger partial charge in [0.2, 0.25) is 0 Å². The van der Waals surface area contributed by atoms with Gasteiger partial charge in [0.25, 0.3) is 0 Å². The molecule has 1 heterocycles. The van der Waals surface area contributed by atoms with Gasteiger partial charge >= 0.3 is 5.97 Å². The van der Waals surface area contributed by atoms with Crippen LogP contribution in [0.3, 0.4) is 0 Å². The first-order valence-corrected chi connectivity index (χ1v) is 6.46. The first-order chi connectivity index (χ1) is 8.24. The summed E-state index contributed by atoms with van der Waals surface area (Å²) in [7, 11) is 0. The molecule has 4 heteroatoms. The quantitative estimate of drug-likeness (QED) is 0.511. The van der Waals surface area contributed by atoms with Crippen molar-refractivity contribution in [2.24, 2.45) is 11.8 Å². The second-order valence-corrected chi connectivity index (χ2v) is 5.78. The second kappa shape index (κ2) is 5.85. The molecule has 0 saturated heterocycles. The fourth-order valence-electron chi connectivity index (χ4n) is 2.60. The number of cyclic esters (lactones) is 1. The third-order valence-corrected chi connectivity index (χ3v) is 3.57. The molecule has 18 heavy (non-hydrogen) atoms. The highest BCUT2D eigenvalue weighted by atomic mass is 16.5. The molecule has 1 aliphatic rings. The highest BCUT2D eigenvalue weighted by Crippen LogP contribution is 2.29. The Bertz CT molecular complexity index is 333. The fourth-order valence-corrected chi connectivity index (χ4v) is 2.60. The molecule has 1 aliphatic heterocycles. The van der Waals surface area contributed by atoms with E-state index in [2.05, 4.69) is 0 Å². The van der Waals surface area contributed by atoms with Crippen LogP contribution in [0.2, 0.25) is 0 Å². The van der Waals surface area contributed by atoms with Crippen molar-refractivity contribution in [3.05, 3.63) is 11.6 Å². The first-order valence-electron chi connectivity index (χ1n) is 6.46. The number of aliphatic hydroxyl groups is 2. The van der Waals surface area contributed by atoms with Gasteiger partial charge in [-0.1, -0.05) is 12.5 Å². The molecule has 0 aromatic carbocycles. The number of carbonyl (C=O) groups is 1. The van der Waals surface area contributed by atoms with Crippen LogP contribution in [-0.2, 0) is 9.53 Å². The molecule has 0 saturated carbocycles. The minimum atomic E-state index is -1.28. The third-order valence-electron chi connectivity index (χ3n) is 3.57. The summed E-state index contributed by atoms with van der Waals surface area (Å²) in [6, 6.07) is 0. The van der Waals surface area contributed by atoms with Crippen LogP contribution < -0.4 is 0 Å².